The van der Waals surface area contributed by atoms with Gasteiger partial charge in [0.25, 0.3) is 0 Å². The van der Waals surface area contributed by atoms with Crippen LogP contribution >= 0.6 is 23.5 Å². The first-order chi connectivity index (χ1) is 17.3. The summed E-state index contributed by atoms with van der Waals surface area (Å²) in [5.41, 5.74) is 10.7. The molecule has 6 nitrogen and oxygen atoms in total. The number of rotatable bonds is 6. The Morgan fingerprint density at radius 3 is 2.09 bits per heavy atom. The Hall–Kier alpha value is -2.84. The molecule has 0 unspecified atom stereocenters. The van der Waals surface area contributed by atoms with Gasteiger partial charge in [0.2, 0.25) is 0 Å². The summed E-state index contributed by atoms with van der Waals surface area (Å²) in [5, 5.41) is 7.11. The summed E-state index contributed by atoms with van der Waals surface area (Å²) in [6.07, 6.45) is 4.93. The number of anilines is 2. The van der Waals surface area contributed by atoms with Crippen LogP contribution in [0.15, 0.2) is 58.5 Å². The molecule has 0 amide bonds. The summed E-state index contributed by atoms with van der Waals surface area (Å²) in [7, 11) is 0. The molecule has 1 fully saturated rings. The number of aromatic nitrogens is 2. The normalized spacial score (nSPS) is 18.5. The van der Waals surface area contributed by atoms with E-state index in [1.54, 1.807) is 0 Å². The van der Waals surface area contributed by atoms with E-state index in [0.29, 0.717) is 6.04 Å². The van der Waals surface area contributed by atoms with E-state index in [9.17, 15) is 0 Å². The number of para-hydroxylation sites is 2. The SMILES string of the molecule is c1cc(NN(c2cccc3cc(C4=NCCS4)[nH]c23)C2CCCC2)c2[nH]c(C3=NCCS3)cc2c1. The van der Waals surface area contributed by atoms with Crippen LogP contribution in [0.25, 0.3) is 21.8 Å². The van der Waals surface area contributed by atoms with Gasteiger partial charge in [-0.05, 0) is 37.1 Å². The van der Waals surface area contributed by atoms with Gasteiger partial charge >= 0.3 is 0 Å². The minimum atomic E-state index is 0.449. The number of fused-ring (bicyclic) bond motifs is 2. The molecule has 3 aliphatic rings. The second kappa shape index (κ2) is 8.99. The lowest BCUT2D eigenvalue weighted by atomic mass is 10.1. The van der Waals surface area contributed by atoms with Gasteiger partial charge in [0.05, 0.1) is 39.8 Å². The van der Waals surface area contributed by atoms with E-state index in [4.69, 9.17) is 4.99 Å². The Morgan fingerprint density at radius 2 is 1.43 bits per heavy atom. The molecule has 4 heterocycles. The van der Waals surface area contributed by atoms with Gasteiger partial charge in [0.1, 0.15) is 10.1 Å². The third kappa shape index (κ3) is 3.93. The lowest BCUT2D eigenvalue weighted by Crippen LogP contribution is -2.38. The summed E-state index contributed by atoms with van der Waals surface area (Å²) >= 11 is 3.68. The lowest BCUT2D eigenvalue weighted by molar-refractivity contribution is 0.650. The fourth-order valence-electron chi connectivity index (χ4n) is 5.46. The molecule has 7 rings (SSSR count). The Labute approximate surface area is 213 Å². The van der Waals surface area contributed by atoms with Crippen molar-refractivity contribution in [2.24, 2.45) is 9.98 Å². The molecule has 8 heteroatoms. The molecule has 0 radical (unpaired) electrons. The van der Waals surface area contributed by atoms with Crippen LogP contribution in [0.5, 0.6) is 0 Å². The number of thioether (sulfide) groups is 2. The zero-order valence-electron chi connectivity index (χ0n) is 19.5. The number of hydrazine groups is 1. The summed E-state index contributed by atoms with van der Waals surface area (Å²) in [6, 6.07) is 18.0. The quantitative estimate of drug-likeness (QED) is 0.268. The van der Waals surface area contributed by atoms with Crippen molar-refractivity contribution >= 4 is 66.8 Å². The molecule has 1 saturated carbocycles. The predicted molar refractivity (Wildman–Crippen MR) is 153 cm³/mol. The number of aliphatic imine (C=N–C) groups is 2. The topological polar surface area (TPSA) is 71.6 Å². The third-order valence-electron chi connectivity index (χ3n) is 7.11. The Bertz CT molecular complexity index is 1460. The van der Waals surface area contributed by atoms with E-state index in [-0.39, 0.29) is 0 Å². The summed E-state index contributed by atoms with van der Waals surface area (Å²) in [6.45, 7) is 1.81. The highest BCUT2D eigenvalue weighted by Crippen LogP contribution is 2.36. The highest BCUT2D eigenvalue weighted by atomic mass is 32.2. The second-order valence-electron chi connectivity index (χ2n) is 9.37. The van der Waals surface area contributed by atoms with E-state index >= 15 is 0 Å². The van der Waals surface area contributed by atoms with Crippen LogP contribution in [0.1, 0.15) is 37.1 Å². The van der Waals surface area contributed by atoms with Gasteiger partial charge in [-0.1, -0.05) is 37.1 Å². The zero-order chi connectivity index (χ0) is 23.2. The Kier molecular flexibility index (Phi) is 5.51. The van der Waals surface area contributed by atoms with Crippen molar-refractivity contribution in [2.75, 3.05) is 35.0 Å². The molecule has 2 aromatic heterocycles. The summed E-state index contributed by atoms with van der Waals surface area (Å²) in [4.78, 5) is 16.7. The van der Waals surface area contributed by atoms with Crippen molar-refractivity contribution in [3.63, 3.8) is 0 Å². The molecule has 178 valence electrons. The molecule has 4 aromatic rings. The molecule has 0 spiro atoms. The van der Waals surface area contributed by atoms with Crippen LogP contribution in [-0.2, 0) is 0 Å². The van der Waals surface area contributed by atoms with Crippen LogP contribution in [0, 0.1) is 0 Å². The monoisotopic (exact) mass is 500 g/mol. The third-order valence-corrected chi connectivity index (χ3v) is 9.13. The van der Waals surface area contributed by atoms with E-state index in [1.165, 1.54) is 47.7 Å². The molecule has 2 aliphatic heterocycles. The highest BCUT2D eigenvalue weighted by molar-refractivity contribution is 8.15. The average molecular weight is 501 g/mol. The zero-order valence-corrected chi connectivity index (χ0v) is 21.1. The van der Waals surface area contributed by atoms with Crippen LogP contribution in [0.4, 0.5) is 11.4 Å². The van der Waals surface area contributed by atoms with Crippen LogP contribution in [0.2, 0.25) is 0 Å². The van der Waals surface area contributed by atoms with Gasteiger partial charge in [-0.2, -0.15) is 0 Å². The molecule has 3 N–H and O–H groups in total. The summed E-state index contributed by atoms with van der Waals surface area (Å²) in [5.74, 6) is 2.14. The molecule has 1 aliphatic carbocycles. The fraction of sp³-hybridized carbons (Fsp3) is 0.333. The number of nitrogens with zero attached hydrogens (tertiary/aromatic N) is 3. The average Bonchev–Trinajstić information content (AvgIpc) is 3.70. The van der Waals surface area contributed by atoms with Crippen molar-refractivity contribution in [3.05, 3.63) is 59.9 Å². The van der Waals surface area contributed by atoms with Gasteiger partial charge in [-0.25, -0.2) is 0 Å². The summed E-state index contributed by atoms with van der Waals surface area (Å²) < 4.78 is 0. The van der Waals surface area contributed by atoms with E-state index in [0.717, 1.165) is 57.3 Å². The Morgan fingerprint density at radius 1 is 0.800 bits per heavy atom. The standard InChI is InChI=1S/C27H28N6S2/c1-2-8-19(7-1)33(23-10-4-6-18-16-22(31-25(18)23)27-29-12-14-35-27)32-20-9-3-5-17-15-21(30-24(17)20)26-28-11-13-34-26/h3-6,9-10,15-16,19,30-32H,1-2,7-8,11-14H2. The molecular weight excluding hydrogens is 472 g/mol. The molecule has 35 heavy (non-hydrogen) atoms. The fourth-order valence-corrected chi connectivity index (χ4v) is 7.11. The smallest absolute Gasteiger partial charge is 0.114 e. The van der Waals surface area contributed by atoms with Crippen LogP contribution in [-0.4, -0.2) is 50.7 Å². The minimum Gasteiger partial charge on any atom is -0.351 e. The van der Waals surface area contributed by atoms with E-state index in [1.807, 2.05) is 23.5 Å². The maximum absolute atomic E-state index is 4.69. The number of aromatic amines is 2. The molecular formula is C27H28N6S2. The minimum absolute atomic E-state index is 0.449. The van der Waals surface area contributed by atoms with Crippen molar-refractivity contribution in [3.8, 4) is 0 Å². The van der Waals surface area contributed by atoms with Crippen LogP contribution < -0.4 is 10.4 Å². The predicted octanol–water partition coefficient (Wildman–Crippen LogP) is 6.41. The van der Waals surface area contributed by atoms with Crippen molar-refractivity contribution in [1.82, 2.24) is 9.97 Å². The molecule has 0 bridgehead atoms. The van der Waals surface area contributed by atoms with Gasteiger partial charge in [0, 0.05) is 35.4 Å². The van der Waals surface area contributed by atoms with Crippen molar-refractivity contribution < 1.29 is 0 Å². The largest absolute Gasteiger partial charge is 0.351 e. The Balaban J connectivity index is 1.30. The highest BCUT2D eigenvalue weighted by Gasteiger charge is 2.26. The number of nitrogens with one attached hydrogen (secondary N) is 3. The van der Waals surface area contributed by atoms with Gasteiger partial charge in [-0.15, -0.1) is 23.5 Å². The van der Waals surface area contributed by atoms with Gasteiger partial charge in [0.15, 0.2) is 0 Å². The number of benzene rings is 2. The molecule has 0 atom stereocenters. The first-order valence-electron chi connectivity index (χ1n) is 12.5. The van der Waals surface area contributed by atoms with E-state index < -0.39 is 0 Å². The number of H-pyrrole nitrogens is 2. The van der Waals surface area contributed by atoms with Crippen LogP contribution in [0.3, 0.4) is 0 Å². The maximum atomic E-state index is 4.69. The molecule has 2 aromatic carbocycles. The molecule has 0 saturated heterocycles. The van der Waals surface area contributed by atoms with Gasteiger partial charge < -0.3 is 9.97 Å². The van der Waals surface area contributed by atoms with E-state index in [2.05, 4.69) is 73.9 Å². The first-order valence-corrected chi connectivity index (χ1v) is 14.5. The lowest BCUT2D eigenvalue weighted by Gasteiger charge is -2.33. The van der Waals surface area contributed by atoms with Crippen molar-refractivity contribution in [2.45, 2.75) is 31.7 Å². The maximum Gasteiger partial charge on any atom is 0.114 e. The van der Waals surface area contributed by atoms with Crippen molar-refractivity contribution in [1.29, 1.82) is 0 Å². The number of hydrogen-bond acceptors (Lipinski definition) is 6. The second-order valence-corrected chi connectivity index (χ2v) is 11.5. The number of hydrogen-bond donors (Lipinski definition) is 3. The first kappa shape index (κ1) is 21.4. The van der Waals surface area contributed by atoms with Gasteiger partial charge in [-0.3, -0.25) is 20.4 Å².